The van der Waals surface area contributed by atoms with Crippen LogP contribution in [-0.2, 0) is 24.4 Å². The molecule has 0 amide bonds. The Morgan fingerprint density at radius 2 is 1.92 bits per heavy atom. The number of guanidine groups is 1. The maximum atomic E-state index is 13.7. The SMILES string of the molecule is CN=C(NCc1ccc(F)c(COC)c1)N(C)Cc1ccccc1. The molecule has 24 heavy (non-hydrogen) atoms. The molecule has 0 radical (unpaired) electrons. The highest BCUT2D eigenvalue weighted by atomic mass is 19.1. The van der Waals surface area contributed by atoms with Gasteiger partial charge in [-0.2, -0.15) is 0 Å². The summed E-state index contributed by atoms with van der Waals surface area (Å²) < 4.78 is 18.7. The Hall–Kier alpha value is -2.40. The van der Waals surface area contributed by atoms with Crippen molar-refractivity contribution in [2.75, 3.05) is 21.2 Å². The zero-order chi connectivity index (χ0) is 17.4. The molecule has 0 fully saturated rings. The lowest BCUT2D eigenvalue weighted by molar-refractivity contribution is 0.181. The zero-order valence-electron chi connectivity index (χ0n) is 14.4. The average Bonchev–Trinajstić information content (AvgIpc) is 2.59. The minimum absolute atomic E-state index is 0.244. The molecule has 0 aliphatic heterocycles. The Morgan fingerprint density at radius 3 is 2.58 bits per heavy atom. The molecule has 0 saturated heterocycles. The summed E-state index contributed by atoms with van der Waals surface area (Å²) in [5, 5.41) is 3.31. The third-order valence-corrected chi connectivity index (χ3v) is 3.70. The number of nitrogens with one attached hydrogen (secondary N) is 1. The van der Waals surface area contributed by atoms with Gasteiger partial charge in [-0.3, -0.25) is 4.99 Å². The van der Waals surface area contributed by atoms with Crippen molar-refractivity contribution in [3.05, 3.63) is 71.0 Å². The largest absolute Gasteiger partial charge is 0.380 e. The highest BCUT2D eigenvalue weighted by Crippen LogP contribution is 2.12. The second-order valence-corrected chi connectivity index (χ2v) is 5.60. The molecule has 0 aliphatic rings. The normalized spacial score (nSPS) is 11.4. The first kappa shape index (κ1) is 17.9. The summed E-state index contributed by atoms with van der Waals surface area (Å²) in [7, 11) is 5.30. The molecule has 2 aromatic carbocycles. The van der Waals surface area contributed by atoms with Crippen molar-refractivity contribution in [2.24, 2.45) is 4.99 Å². The van der Waals surface area contributed by atoms with Crippen LogP contribution in [0.15, 0.2) is 53.5 Å². The topological polar surface area (TPSA) is 36.9 Å². The highest BCUT2D eigenvalue weighted by Gasteiger charge is 2.08. The maximum absolute atomic E-state index is 13.7. The lowest BCUT2D eigenvalue weighted by Gasteiger charge is -2.22. The zero-order valence-corrected chi connectivity index (χ0v) is 14.4. The average molecular weight is 329 g/mol. The van der Waals surface area contributed by atoms with Gasteiger partial charge in [0.15, 0.2) is 5.96 Å². The third-order valence-electron chi connectivity index (χ3n) is 3.70. The van der Waals surface area contributed by atoms with Crippen LogP contribution in [0.3, 0.4) is 0 Å². The number of rotatable bonds is 6. The monoisotopic (exact) mass is 329 g/mol. The van der Waals surface area contributed by atoms with E-state index in [1.807, 2.05) is 31.3 Å². The Morgan fingerprint density at radius 1 is 1.17 bits per heavy atom. The van der Waals surface area contributed by atoms with Crippen molar-refractivity contribution in [3.63, 3.8) is 0 Å². The molecule has 0 bridgehead atoms. The van der Waals surface area contributed by atoms with Gasteiger partial charge < -0.3 is 15.0 Å². The van der Waals surface area contributed by atoms with E-state index < -0.39 is 0 Å². The molecule has 4 nitrogen and oxygen atoms in total. The van der Waals surface area contributed by atoms with Gasteiger partial charge in [-0.05, 0) is 23.3 Å². The molecule has 0 aliphatic carbocycles. The van der Waals surface area contributed by atoms with Crippen LogP contribution in [0.2, 0.25) is 0 Å². The van der Waals surface area contributed by atoms with Gasteiger partial charge in [0.05, 0.1) is 6.61 Å². The van der Waals surface area contributed by atoms with Crippen LogP contribution < -0.4 is 5.32 Å². The van der Waals surface area contributed by atoms with Crippen molar-refractivity contribution in [2.45, 2.75) is 19.7 Å². The van der Waals surface area contributed by atoms with Gasteiger partial charge in [0, 0.05) is 39.9 Å². The molecule has 5 heteroatoms. The molecule has 1 N–H and O–H groups in total. The fourth-order valence-electron chi connectivity index (χ4n) is 2.50. The van der Waals surface area contributed by atoms with E-state index in [1.54, 1.807) is 20.2 Å². The predicted octanol–water partition coefficient (Wildman–Crippen LogP) is 3.18. The van der Waals surface area contributed by atoms with E-state index >= 15 is 0 Å². The van der Waals surface area contributed by atoms with Gasteiger partial charge in [-0.15, -0.1) is 0 Å². The van der Waals surface area contributed by atoms with Crippen LogP contribution in [-0.4, -0.2) is 32.1 Å². The van der Waals surface area contributed by atoms with Crippen molar-refractivity contribution in [1.82, 2.24) is 10.2 Å². The predicted molar refractivity (Wildman–Crippen MR) is 95.2 cm³/mol. The van der Waals surface area contributed by atoms with Gasteiger partial charge >= 0.3 is 0 Å². The Balaban J connectivity index is 1.97. The maximum Gasteiger partial charge on any atom is 0.193 e. The summed E-state index contributed by atoms with van der Waals surface area (Å²) >= 11 is 0. The second kappa shape index (κ2) is 9.03. The molecule has 0 aromatic heterocycles. The molecule has 0 saturated carbocycles. The molecule has 2 rings (SSSR count). The molecule has 0 heterocycles. The summed E-state index contributed by atoms with van der Waals surface area (Å²) in [6.45, 7) is 1.60. The number of methoxy groups -OCH3 is 1. The van der Waals surface area contributed by atoms with E-state index in [9.17, 15) is 4.39 Å². The van der Waals surface area contributed by atoms with Crippen molar-refractivity contribution >= 4 is 5.96 Å². The number of hydrogen-bond acceptors (Lipinski definition) is 2. The summed E-state index contributed by atoms with van der Waals surface area (Å²) in [6, 6.07) is 15.3. The standard InChI is InChI=1S/C19H24FN3O/c1-21-19(23(2)13-15-7-5-4-6-8-15)22-12-16-9-10-18(20)17(11-16)14-24-3/h4-11H,12-14H2,1-3H3,(H,21,22). The number of hydrogen-bond donors (Lipinski definition) is 1. The second-order valence-electron chi connectivity index (χ2n) is 5.60. The lowest BCUT2D eigenvalue weighted by Crippen LogP contribution is -2.38. The molecular weight excluding hydrogens is 305 g/mol. The number of aliphatic imine (C=N–C) groups is 1. The summed E-state index contributed by atoms with van der Waals surface area (Å²) in [5.41, 5.74) is 2.76. The third kappa shape index (κ3) is 5.06. The number of ether oxygens (including phenoxy) is 1. The first-order valence-corrected chi connectivity index (χ1v) is 7.86. The summed E-state index contributed by atoms with van der Waals surface area (Å²) in [6.07, 6.45) is 0. The van der Waals surface area contributed by atoms with Crippen LogP contribution >= 0.6 is 0 Å². The molecule has 128 valence electrons. The minimum Gasteiger partial charge on any atom is -0.380 e. The Bertz CT molecular complexity index is 674. The van der Waals surface area contributed by atoms with E-state index in [-0.39, 0.29) is 12.4 Å². The molecular formula is C19H24FN3O. The van der Waals surface area contributed by atoms with Crippen molar-refractivity contribution in [3.8, 4) is 0 Å². The summed E-state index contributed by atoms with van der Waals surface area (Å²) in [5.74, 6) is 0.544. The Kier molecular flexibility index (Phi) is 6.75. The first-order chi connectivity index (χ1) is 11.6. The van der Waals surface area contributed by atoms with E-state index in [0.29, 0.717) is 12.1 Å². The highest BCUT2D eigenvalue weighted by molar-refractivity contribution is 5.79. The lowest BCUT2D eigenvalue weighted by atomic mass is 10.1. The van der Waals surface area contributed by atoms with Gasteiger partial charge in [0.2, 0.25) is 0 Å². The summed E-state index contributed by atoms with van der Waals surface area (Å²) in [4.78, 5) is 6.36. The fourth-order valence-corrected chi connectivity index (χ4v) is 2.50. The quantitative estimate of drug-likeness (QED) is 0.653. The van der Waals surface area contributed by atoms with Crippen LogP contribution in [0.5, 0.6) is 0 Å². The van der Waals surface area contributed by atoms with E-state index in [2.05, 4.69) is 27.3 Å². The molecule has 2 aromatic rings. The minimum atomic E-state index is -0.244. The number of halogens is 1. The van der Waals surface area contributed by atoms with Crippen LogP contribution in [0.1, 0.15) is 16.7 Å². The molecule has 0 spiro atoms. The van der Waals surface area contributed by atoms with Crippen LogP contribution in [0, 0.1) is 5.82 Å². The molecule has 0 atom stereocenters. The van der Waals surface area contributed by atoms with E-state index in [0.717, 1.165) is 18.1 Å². The van der Waals surface area contributed by atoms with Crippen LogP contribution in [0.25, 0.3) is 0 Å². The van der Waals surface area contributed by atoms with Gasteiger partial charge in [-0.25, -0.2) is 4.39 Å². The van der Waals surface area contributed by atoms with E-state index in [1.165, 1.54) is 11.6 Å². The molecule has 0 unspecified atom stereocenters. The van der Waals surface area contributed by atoms with Crippen LogP contribution in [0.4, 0.5) is 4.39 Å². The number of nitrogens with zero attached hydrogens (tertiary/aromatic N) is 2. The van der Waals surface area contributed by atoms with Gasteiger partial charge in [0.25, 0.3) is 0 Å². The van der Waals surface area contributed by atoms with Crippen molar-refractivity contribution < 1.29 is 9.13 Å². The fraction of sp³-hybridized carbons (Fsp3) is 0.316. The first-order valence-electron chi connectivity index (χ1n) is 7.86. The van der Waals surface area contributed by atoms with Gasteiger partial charge in [-0.1, -0.05) is 36.4 Å². The van der Waals surface area contributed by atoms with Gasteiger partial charge in [0.1, 0.15) is 5.82 Å². The number of benzene rings is 2. The smallest absolute Gasteiger partial charge is 0.193 e. The Labute approximate surface area is 143 Å². The van der Waals surface area contributed by atoms with Crippen molar-refractivity contribution in [1.29, 1.82) is 0 Å². The van der Waals surface area contributed by atoms with E-state index in [4.69, 9.17) is 4.74 Å².